The van der Waals surface area contributed by atoms with Gasteiger partial charge in [-0.25, -0.2) is 0 Å². The number of aromatic nitrogens is 1. The molecule has 1 aliphatic heterocycles. The highest BCUT2D eigenvalue weighted by Crippen LogP contribution is 2.38. The fourth-order valence-corrected chi connectivity index (χ4v) is 3.67. The molecule has 0 aliphatic carbocycles. The number of halogens is 1. The average molecular weight is 394 g/mol. The molecule has 2 heterocycles. The summed E-state index contributed by atoms with van der Waals surface area (Å²) in [7, 11) is 0. The minimum Gasteiger partial charge on any atom is -0.359 e. The molecule has 3 aromatic rings. The lowest BCUT2D eigenvalue weighted by Crippen LogP contribution is -2.32. The lowest BCUT2D eigenvalue weighted by molar-refractivity contribution is 0.0993. The van der Waals surface area contributed by atoms with E-state index in [1.54, 1.807) is 17.2 Å². The molecule has 1 aliphatic rings. The maximum Gasteiger partial charge on any atom is 0.262 e. The number of aryl methyl sites for hydroxylation is 1. The molecule has 0 saturated carbocycles. The van der Waals surface area contributed by atoms with Crippen LogP contribution in [0.4, 0.5) is 11.4 Å². The highest BCUT2D eigenvalue weighted by Gasteiger charge is 2.39. The number of pyridine rings is 1. The van der Waals surface area contributed by atoms with Crippen molar-refractivity contribution in [2.75, 3.05) is 10.2 Å². The molecule has 124 valence electrons. The Morgan fingerprint density at radius 1 is 1.08 bits per heavy atom. The third-order valence-corrected chi connectivity index (χ3v) is 4.91. The predicted octanol–water partition coefficient (Wildman–Crippen LogP) is 4.92. The van der Waals surface area contributed by atoms with Crippen LogP contribution >= 0.6 is 15.9 Å². The van der Waals surface area contributed by atoms with Crippen molar-refractivity contribution in [2.45, 2.75) is 13.1 Å². The van der Waals surface area contributed by atoms with Crippen LogP contribution in [0.1, 0.15) is 27.8 Å². The second-order valence-corrected chi connectivity index (χ2v) is 6.83. The fraction of sp³-hybridized carbons (Fsp3) is 0.100. The number of hydrogen-bond donors (Lipinski definition) is 1. The van der Waals surface area contributed by atoms with E-state index in [4.69, 9.17) is 0 Å². The minimum absolute atomic E-state index is 0.0463. The summed E-state index contributed by atoms with van der Waals surface area (Å²) in [6.45, 7) is 2.04. The van der Waals surface area contributed by atoms with E-state index in [1.165, 1.54) is 5.56 Å². The molecule has 1 atom stereocenters. The molecule has 0 saturated heterocycles. The van der Waals surface area contributed by atoms with Gasteiger partial charge in [0.05, 0.1) is 16.9 Å². The van der Waals surface area contributed by atoms with Gasteiger partial charge in [0.1, 0.15) is 0 Å². The highest BCUT2D eigenvalue weighted by molar-refractivity contribution is 9.10. The maximum atomic E-state index is 13.0. The Bertz CT molecular complexity index is 943. The molecule has 0 fully saturated rings. The van der Waals surface area contributed by atoms with Gasteiger partial charge in [0.2, 0.25) is 0 Å². The summed E-state index contributed by atoms with van der Waals surface area (Å²) >= 11 is 3.60. The second-order valence-electron chi connectivity index (χ2n) is 5.98. The van der Waals surface area contributed by atoms with Crippen LogP contribution in [0.15, 0.2) is 71.3 Å². The normalized spacial score (nSPS) is 16.0. The van der Waals surface area contributed by atoms with Gasteiger partial charge in [-0.1, -0.05) is 24.3 Å². The zero-order valence-corrected chi connectivity index (χ0v) is 15.2. The number of hydrogen-bond acceptors (Lipinski definition) is 3. The highest BCUT2D eigenvalue weighted by atomic mass is 79.9. The van der Waals surface area contributed by atoms with Gasteiger partial charge in [0.25, 0.3) is 5.91 Å². The standard InChI is InChI=1S/C20H16BrN3O/c1-13-9-10-17(16(21)12-13)23-19-18-15(8-5-11-22-18)20(25)24(19)14-6-3-2-4-7-14/h2-12,19,23H,1H3/t19-/m1/s1. The van der Waals surface area contributed by atoms with Crippen LogP contribution in [0.2, 0.25) is 0 Å². The third kappa shape index (κ3) is 2.81. The fourth-order valence-electron chi connectivity index (χ4n) is 3.06. The first-order valence-electron chi connectivity index (χ1n) is 8.01. The zero-order chi connectivity index (χ0) is 17.4. The number of anilines is 2. The maximum absolute atomic E-state index is 13.0. The van der Waals surface area contributed by atoms with Gasteiger partial charge in [0.15, 0.2) is 6.17 Å². The van der Waals surface area contributed by atoms with E-state index >= 15 is 0 Å². The third-order valence-electron chi connectivity index (χ3n) is 4.26. The number of benzene rings is 2. The zero-order valence-electron chi connectivity index (χ0n) is 13.6. The van der Waals surface area contributed by atoms with Crippen molar-refractivity contribution < 1.29 is 4.79 Å². The van der Waals surface area contributed by atoms with E-state index in [9.17, 15) is 4.79 Å². The van der Waals surface area contributed by atoms with Crippen molar-refractivity contribution in [1.29, 1.82) is 0 Å². The molecule has 0 radical (unpaired) electrons. The van der Waals surface area contributed by atoms with Crippen LogP contribution < -0.4 is 10.2 Å². The van der Waals surface area contributed by atoms with Gasteiger partial charge in [-0.05, 0) is 64.8 Å². The van der Waals surface area contributed by atoms with Crippen molar-refractivity contribution >= 4 is 33.2 Å². The number of amides is 1. The number of fused-ring (bicyclic) bond motifs is 1. The first-order chi connectivity index (χ1) is 12.1. The minimum atomic E-state index is -0.356. The van der Waals surface area contributed by atoms with Gasteiger partial charge in [-0.2, -0.15) is 0 Å². The SMILES string of the molecule is Cc1ccc(N[C@H]2c3ncccc3C(=O)N2c2ccccc2)c(Br)c1. The summed E-state index contributed by atoms with van der Waals surface area (Å²) in [6.07, 6.45) is 1.37. The summed E-state index contributed by atoms with van der Waals surface area (Å²) in [6, 6.07) is 19.4. The largest absolute Gasteiger partial charge is 0.359 e. The number of nitrogens with zero attached hydrogens (tertiary/aromatic N) is 2. The first kappa shape index (κ1) is 15.8. The van der Waals surface area contributed by atoms with Gasteiger partial charge in [0, 0.05) is 16.4 Å². The smallest absolute Gasteiger partial charge is 0.262 e. The van der Waals surface area contributed by atoms with Gasteiger partial charge in [-0.3, -0.25) is 14.7 Å². The van der Waals surface area contributed by atoms with E-state index in [0.717, 1.165) is 21.5 Å². The van der Waals surface area contributed by atoms with Crippen molar-refractivity contribution in [3.63, 3.8) is 0 Å². The summed E-state index contributed by atoms with van der Waals surface area (Å²) < 4.78 is 0.956. The Balaban J connectivity index is 1.80. The second kappa shape index (κ2) is 6.33. The lowest BCUT2D eigenvalue weighted by Gasteiger charge is -2.27. The number of carbonyl (C=O) groups excluding carboxylic acids is 1. The van der Waals surface area contributed by atoms with Crippen molar-refractivity contribution in [3.05, 3.63) is 88.2 Å². The van der Waals surface area contributed by atoms with Crippen molar-refractivity contribution in [1.82, 2.24) is 4.98 Å². The molecular formula is C20H16BrN3O. The molecule has 2 aromatic carbocycles. The van der Waals surface area contributed by atoms with E-state index in [2.05, 4.69) is 26.2 Å². The van der Waals surface area contributed by atoms with Crippen LogP contribution in [0.3, 0.4) is 0 Å². The van der Waals surface area contributed by atoms with Crippen LogP contribution in [0, 0.1) is 6.92 Å². The van der Waals surface area contributed by atoms with Crippen molar-refractivity contribution in [2.24, 2.45) is 0 Å². The molecular weight excluding hydrogens is 378 g/mol. The molecule has 0 spiro atoms. The Morgan fingerprint density at radius 2 is 1.88 bits per heavy atom. The average Bonchev–Trinajstić information content (AvgIpc) is 2.91. The molecule has 1 N–H and O–H groups in total. The number of nitrogens with one attached hydrogen (secondary N) is 1. The van der Waals surface area contributed by atoms with Crippen LogP contribution in [0.5, 0.6) is 0 Å². The molecule has 5 heteroatoms. The molecule has 25 heavy (non-hydrogen) atoms. The summed E-state index contributed by atoms with van der Waals surface area (Å²) in [5, 5.41) is 3.47. The number of para-hydroxylation sites is 1. The van der Waals surface area contributed by atoms with E-state index in [1.807, 2.05) is 61.5 Å². The molecule has 1 amide bonds. The van der Waals surface area contributed by atoms with Crippen molar-refractivity contribution in [3.8, 4) is 0 Å². The molecule has 0 unspecified atom stereocenters. The van der Waals surface area contributed by atoms with E-state index < -0.39 is 0 Å². The first-order valence-corrected chi connectivity index (χ1v) is 8.80. The Hall–Kier alpha value is -2.66. The summed E-state index contributed by atoms with van der Waals surface area (Å²) in [5.74, 6) is -0.0463. The summed E-state index contributed by atoms with van der Waals surface area (Å²) in [5.41, 5.74) is 4.29. The number of carbonyl (C=O) groups is 1. The van der Waals surface area contributed by atoms with Gasteiger partial charge >= 0.3 is 0 Å². The molecule has 1 aromatic heterocycles. The van der Waals surface area contributed by atoms with Crippen LogP contribution in [-0.4, -0.2) is 10.9 Å². The Kier molecular flexibility index (Phi) is 4.01. The number of rotatable bonds is 3. The lowest BCUT2D eigenvalue weighted by atomic mass is 10.2. The van der Waals surface area contributed by atoms with Crippen LogP contribution in [0.25, 0.3) is 0 Å². The van der Waals surface area contributed by atoms with E-state index in [0.29, 0.717) is 5.56 Å². The predicted molar refractivity (Wildman–Crippen MR) is 103 cm³/mol. The summed E-state index contributed by atoms with van der Waals surface area (Å²) in [4.78, 5) is 19.2. The van der Waals surface area contributed by atoms with Gasteiger partial charge in [-0.15, -0.1) is 0 Å². The van der Waals surface area contributed by atoms with E-state index in [-0.39, 0.29) is 12.1 Å². The quantitative estimate of drug-likeness (QED) is 0.686. The molecule has 4 nitrogen and oxygen atoms in total. The van der Waals surface area contributed by atoms with Crippen LogP contribution in [-0.2, 0) is 0 Å². The van der Waals surface area contributed by atoms with Gasteiger partial charge < -0.3 is 5.32 Å². The monoisotopic (exact) mass is 393 g/mol. The molecule has 0 bridgehead atoms. The Morgan fingerprint density at radius 3 is 2.64 bits per heavy atom. The topological polar surface area (TPSA) is 45.2 Å². The molecule has 4 rings (SSSR count). The Labute approximate surface area is 154 Å².